The Hall–Kier alpha value is -2.44. The highest BCUT2D eigenvalue weighted by molar-refractivity contribution is 6.00. The van der Waals surface area contributed by atoms with E-state index in [4.69, 9.17) is 5.11 Å². The van der Waals surface area contributed by atoms with Gasteiger partial charge >= 0.3 is 5.97 Å². The van der Waals surface area contributed by atoms with Crippen LogP contribution < -0.4 is 10.2 Å². The maximum absolute atomic E-state index is 12.0. The fourth-order valence-electron chi connectivity index (χ4n) is 3.19. The van der Waals surface area contributed by atoms with Crippen LogP contribution in [0.4, 0.5) is 5.82 Å². The Kier molecular flexibility index (Phi) is 4.27. The van der Waals surface area contributed by atoms with Gasteiger partial charge in [-0.05, 0) is 37.0 Å². The Balaban J connectivity index is 1.72. The fourth-order valence-corrected chi connectivity index (χ4v) is 3.19. The average Bonchev–Trinajstić information content (AvgIpc) is 2.55. The predicted molar refractivity (Wildman–Crippen MR) is 81.9 cm³/mol. The van der Waals surface area contributed by atoms with Gasteiger partial charge in [-0.3, -0.25) is 19.7 Å². The van der Waals surface area contributed by atoms with Gasteiger partial charge in [0.2, 0.25) is 11.8 Å². The van der Waals surface area contributed by atoms with Crippen molar-refractivity contribution in [3.05, 3.63) is 23.9 Å². The molecule has 2 amide bonds. The minimum absolute atomic E-state index is 0.226. The highest BCUT2D eigenvalue weighted by atomic mass is 16.4. The number of carbonyl (C=O) groups is 3. The number of carboxylic acids is 1. The minimum Gasteiger partial charge on any atom is -0.481 e. The SMILES string of the molecule is O=C1CC[C@H](c2ccnc(N3CCC(C(=O)O)CC3)c2)C(=O)N1. The molecule has 0 unspecified atom stereocenters. The molecule has 0 aromatic carbocycles. The summed E-state index contributed by atoms with van der Waals surface area (Å²) < 4.78 is 0. The van der Waals surface area contributed by atoms with Crippen molar-refractivity contribution in [2.24, 2.45) is 5.92 Å². The number of aliphatic carboxylic acids is 1. The Bertz CT molecular complexity index is 638. The molecule has 2 saturated heterocycles. The van der Waals surface area contributed by atoms with E-state index < -0.39 is 5.97 Å². The second kappa shape index (κ2) is 6.36. The summed E-state index contributed by atoms with van der Waals surface area (Å²) >= 11 is 0. The molecule has 2 aliphatic heterocycles. The number of hydrogen-bond acceptors (Lipinski definition) is 5. The molecule has 1 aromatic rings. The molecule has 7 nitrogen and oxygen atoms in total. The van der Waals surface area contributed by atoms with Gasteiger partial charge in [0.05, 0.1) is 11.8 Å². The number of nitrogens with zero attached hydrogens (tertiary/aromatic N) is 2. The molecule has 23 heavy (non-hydrogen) atoms. The zero-order valence-electron chi connectivity index (χ0n) is 12.7. The molecule has 2 aliphatic rings. The van der Waals surface area contributed by atoms with Gasteiger partial charge in [-0.25, -0.2) is 4.98 Å². The molecule has 7 heteroatoms. The van der Waals surface area contributed by atoms with Crippen LogP contribution >= 0.6 is 0 Å². The number of anilines is 1. The summed E-state index contributed by atoms with van der Waals surface area (Å²) in [4.78, 5) is 40.6. The Morgan fingerprint density at radius 3 is 2.65 bits per heavy atom. The molecular formula is C16H19N3O4. The first-order valence-electron chi connectivity index (χ1n) is 7.82. The van der Waals surface area contributed by atoms with E-state index in [-0.39, 0.29) is 23.7 Å². The van der Waals surface area contributed by atoms with Crippen LogP contribution in [0.5, 0.6) is 0 Å². The summed E-state index contributed by atoms with van der Waals surface area (Å²) in [6.45, 7) is 1.28. The van der Waals surface area contributed by atoms with Gasteiger partial charge < -0.3 is 10.0 Å². The van der Waals surface area contributed by atoms with E-state index in [1.54, 1.807) is 12.3 Å². The molecule has 0 bridgehead atoms. The van der Waals surface area contributed by atoms with Crippen molar-refractivity contribution in [3.8, 4) is 0 Å². The van der Waals surface area contributed by atoms with Crippen molar-refractivity contribution in [1.82, 2.24) is 10.3 Å². The van der Waals surface area contributed by atoms with Crippen molar-refractivity contribution >= 4 is 23.6 Å². The molecule has 2 N–H and O–H groups in total. The van der Waals surface area contributed by atoms with Gasteiger partial charge in [0.1, 0.15) is 5.82 Å². The molecule has 0 aliphatic carbocycles. The Morgan fingerprint density at radius 2 is 2.00 bits per heavy atom. The van der Waals surface area contributed by atoms with Crippen LogP contribution in [-0.4, -0.2) is 41.0 Å². The van der Waals surface area contributed by atoms with E-state index in [1.165, 1.54) is 0 Å². The Labute approximate surface area is 133 Å². The topological polar surface area (TPSA) is 99.6 Å². The lowest BCUT2D eigenvalue weighted by Gasteiger charge is -2.31. The van der Waals surface area contributed by atoms with E-state index in [0.717, 1.165) is 11.4 Å². The van der Waals surface area contributed by atoms with Gasteiger partial charge in [-0.15, -0.1) is 0 Å². The molecule has 122 valence electrons. The standard InChI is InChI=1S/C16H19N3O4/c20-14-2-1-12(15(21)18-14)11-3-6-17-13(9-11)19-7-4-10(5-8-19)16(22)23/h3,6,9-10,12H,1-2,4-5,7-8H2,(H,22,23)(H,18,20,21)/t12-/m1/s1. The zero-order valence-corrected chi connectivity index (χ0v) is 12.7. The van der Waals surface area contributed by atoms with E-state index in [0.29, 0.717) is 38.8 Å². The summed E-state index contributed by atoms with van der Waals surface area (Å²) in [5, 5.41) is 11.4. The molecule has 2 fully saturated rings. The fraction of sp³-hybridized carbons (Fsp3) is 0.500. The third-order valence-corrected chi connectivity index (χ3v) is 4.58. The average molecular weight is 317 g/mol. The van der Waals surface area contributed by atoms with E-state index in [9.17, 15) is 14.4 Å². The molecule has 3 rings (SSSR count). The summed E-state index contributed by atoms with van der Waals surface area (Å²) in [7, 11) is 0. The first kappa shape index (κ1) is 15.5. The second-order valence-corrected chi connectivity index (χ2v) is 6.05. The lowest BCUT2D eigenvalue weighted by molar-refractivity contribution is -0.142. The number of imide groups is 1. The molecular weight excluding hydrogens is 298 g/mol. The van der Waals surface area contributed by atoms with E-state index >= 15 is 0 Å². The second-order valence-electron chi connectivity index (χ2n) is 6.05. The van der Waals surface area contributed by atoms with Gasteiger partial charge in [0.25, 0.3) is 0 Å². The quantitative estimate of drug-likeness (QED) is 0.804. The third-order valence-electron chi connectivity index (χ3n) is 4.58. The van der Waals surface area contributed by atoms with E-state index in [2.05, 4.69) is 15.2 Å². The number of rotatable bonds is 3. The maximum Gasteiger partial charge on any atom is 0.306 e. The number of hydrogen-bond donors (Lipinski definition) is 2. The highest BCUT2D eigenvalue weighted by Gasteiger charge is 2.29. The monoisotopic (exact) mass is 317 g/mol. The lowest BCUT2D eigenvalue weighted by Crippen LogP contribution is -2.39. The van der Waals surface area contributed by atoms with Crippen molar-refractivity contribution in [3.63, 3.8) is 0 Å². The first-order valence-corrected chi connectivity index (χ1v) is 7.82. The zero-order chi connectivity index (χ0) is 16.4. The van der Waals surface area contributed by atoms with Crippen molar-refractivity contribution < 1.29 is 19.5 Å². The van der Waals surface area contributed by atoms with Crippen molar-refractivity contribution in [2.75, 3.05) is 18.0 Å². The molecule has 1 aromatic heterocycles. The molecule has 3 heterocycles. The minimum atomic E-state index is -0.741. The van der Waals surface area contributed by atoms with Crippen LogP contribution in [0.15, 0.2) is 18.3 Å². The van der Waals surface area contributed by atoms with Gasteiger partial charge in [-0.2, -0.15) is 0 Å². The predicted octanol–water partition coefficient (Wildman–Crippen LogP) is 0.903. The number of piperidine rings is 2. The smallest absolute Gasteiger partial charge is 0.306 e. The first-order chi connectivity index (χ1) is 11.0. The Morgan fingerprint density at radius 1 is 1.26 bits per heavy atom. The number of carboxylic acid groups (broad SMARTS) is 1. The summed E-state index contributed by atoms with van der Waals surface area (Å²) in [5.41, 5.74) is 0.848. The molecule has 0 radical (unpaired) electrons. The number of pyridine rings is 1. The largest absolute Gasteiger partial charge is 0.481 e. The van der Waals surface area contributed by atoms with Crippen molar-refractivity contribution in [1.29, 1.82) is 0 Å². The van der Waals surface area contributed by atoms with Gasteiger partial charge in [0.15, 0.2) is 0 Å². The van der Waals surface area contributed by atoms with Crippen LogP contribution in [0.25, 0.3) is 0 Å². The number of nitrogens with one attached hydrogen (secondary N) is 1. The maximum atomic E-state index is 12.0. The highest BCUT2D eigenvalue weighted by Crippen LogP contribution is 2.28. The number of aromatic nitrogens is 1. The molecule has 1 atom stereocenters. The summed E-state index contributed by atoms with van der Waals surface area (Å²) in [6, 6.07) is 3.68. The lowest BCUT2D eigenvalue weighted by atomic mass is 9.91. The van der Waals surface area contributed by atoms with Crippen LogP contribution in [-0.2, 0) is 14.4 Å². The number of amides is 2. The van der Waals surface area contributed by atoms with E-state index in [1.807, 2.05) is 6.07 Å². The van der Waals surface area contributed by atoms with Crippen LogP contribution in [0.3, 0.4) is 0 Å². The van der Waals surface area contributed by atoms with Crippen molar-refractivity contribution in [2.45, 2.75) is 31.6 Å². The summed E-state index contributed by atoms with van der Waals surface area (Å²) in [5.74, 6) is -1.08. The normalized spacial score (nSPS) is 22.8. The molecule has 0 spiro atoms. The van der Waals surface area contributed by atoms with Crippen LogP contribution in [0, 0.1) is 5.92 Å². The third kappa shape index (κ3) is 3.33. The summed E-state index contributed by atoms with van der Waals surface area (Å²) in [6.07, 6.45) is 3.71. The van der Waals surface area contributed by atoms with Crippen LogP contribution in [0.1, 0.15) is 37.2 Å². The van der Waals surface area contributed by atoms with Crippen LogP contribution in [0.2, 0.25) is 0 Å². The van der Waals surface area contributed by atoms with Gasteiger partial charge in [-0.1, -0.05) is 0 Å². The number of carbonyl (C=O) groups excluding carboxylic acids is 2. The molecule has 0 saturated carbocycles. The van der Waals surface area contributed by atoms with Gasteiger partial charge in [0, 0.05) is 25.7 Å².